The third kappa shape index (κ3) is 35.7. The normalized spacial score (nSPS) is 21.9. The van der Waals surface area contributed by atoms with Gasteiger partial charge in [-0.2, -0.15) is 0 Å². The lowest BCUT2D eigenvalue weighted by Crippen LogP contribution is -2.62. The maximum atomic E-state index is 15.9. The van der Waals surface area contributed by atoms with Crippen molar-refractivity contribution in [3.8, 4) is 11.5 Å². The summed E-state index contributed by atoms with van der Waals surface area (Å²) in [5.74, 6) is -8.89. The van der Waals surface area contributed by atoms with Gasteiger partial charge < -0.3 is 117 Å². The molecule has 3 saturated heterocycles. The highest BCUT2D eigenvalue weighted by atomic mass is 16.7. The van der Waals surface area contributed by atoms with E-state index in [1.807, 2.05) is 30.3 Å². The second-order valence-electron chi connectivity index (χ2n) is 32.1. The fourth-order valence-electron chi connectivity index (χ4n) is 15.5. The number of ether oxygens (including phenoxy) is 16. The van der Waals surface area contributed by atoms with Crippen LogP contribution in [0.3, 0.4) is 0 Å². The molecule has 0 saturated carbocycles. The summed E-state index contributed by atoms with van der Waals surface area (Å²) in [5.41, 5.74) is 0.187. The molecule has 0 aliphatic carbocycles. The van der Waals surface area contributed by atoms with Crippen LogP contribution in [-0.4, -0.2) is 285 Å². The van der Waals surface area contributed by atoms with E-state index >= 15 is 4.79 Å². The molecule has 0 aromatic heterocycles. The van der Waals surface area contributed by atoms with Crippen molar-refractivity contribution in [2.45, 2.75) is 252 Å². The molecule has 6 N–H and O–H groups in total. The van der Waals surface area contributed by atoms with E-state index in [4.69, 9.17) is 75.8 Å². The van der Waals surface area contributed by atoms with Gasteiger partial charge in [0, 0.05) is 172 Å². The van der Waals surface area contributed by atoms with Crippen LogP contribution in [0.1, 0.15) is 183 Å². The van der Waals surface area contributed by atoms with E-state index < -0.39 is 187 Å². The summed E-state index contributed by atoms with van der Waals surface area (Å²) >= 11 is 0. The van der Waals surface area contributed by atoms with Crippen LogP contribution in [0.5, 0.6) is 11.5 Å². The zero-order valence-electron chi connectivity index (χ0n) is 77.2. The highest BCUT2D eigenvalue weighted by molar-refractivity contribution is 5.86. The SMILES string of the molecule is CNC(=O)CCC(=O)OC(COC(c1ccccc1)(c1ccc(OC)cc1)c1ccc(OC)cc1)C(=O)N(CCCNC(=O)CCCCO[C@@H]1OC(COC(C)=O)[C@H](OC(C)=O)[C@H](C)C1NC(C)=O)CCCN(CCNC(=O)CCCCO[C@@H]1OC(COC(C)=O)[C@H](OC(C)=O)[C@H](C)C1NC(C)=O)C(=O)CCCCO[C@@H]1OC(COC(C)=O)[C@H](OC(C)=O)[C@H](C)C1NC(C)=O. The highest BCUT2D eigenvalue weighted by Crippen LogP contribution is 2.43. The minimum Gasteiger partial charge on any atom is -0.497 e. The molecule has 3 aliphatic rings. The smallest absolute Gasteiger partial charge is 0.307 e. The van der Waals surface area contributed by atoms with Crippen LogP contribution in [0.2, 0.25) is 0 Å². The van der Waals surface area contributed by atoms with Crippen molar-refractivity contribution in [1.82, 2.24) is 41.7 Å². The minimum atomic E-state index is -1.73. The van der Waals surface area contributed by atoms with Gasteiger partial charge in [-0.1, -0.05) is 75.4 Å². The van der Waals surface area contributed by atoms with Crippen LogP contribution in [-0.2, 0) is 144 Å². The summed E-state index contributed by atoms with van der Waals surface area (Å²) in [6, 6.07) is 20.9. The molecule has 3 aromatic carbocycles. The number of benzene rings is 3. The number of esters is 7. The molecule has 0 bridgehead atoms. The largest absolute Gasteiger partial charge is 0.497 e. The molecular weight excluding hydrogens is 1700 g/mol. The van der Waals surface area contributed by atoms with E-state index in [0.717, 1.165) is 0 Å². The average molecular weight is 1830 g/mol. The Morgan fingerprint density at radius 3 is 1.16 bits per heavy atom. The molecule has 39 heteroatoms. The summed E-state index contributed by atoms with van der Waals surface area (Å²) < 4.78 is 94.2. The number of nitrogens with one attached hydrogen (secondary N) is 6. The van der Waals surface area contributed by atoms with E-state index in [9.17, 15) is 67.1 Å². The van der Waals surface area contributed by atoms with Gasteiger partial charge >= 0.3 is 41.8 Å². The number of rotatable bonds is 54. The second kappa shape index (κ2) is 55.9. The molecule has 130 heavy (non-hydrogen) atoms. The van der Waals surface area contributed by atoms with Gasteiger partial charge in [-0.25, -0.2) is 0 Å². The van der Waals surface area contributed by atoms with Crippen molar-refractivity contribution in [2.75, 3.05) is 107 Å². The zero-order valence-corrected chi connectivity index (χ0v) is 77.2. The molecule has 16 atom stereocenters. The standard InChI is InChI=1S/C91H132N8O31/c1-55-81(95-58(4)100)88(128-72(51-120-61(7)103)84(55)124-64(10)106)117-48-22-19-29-77(110)93-42-25-44-99(87(114)75(127-80(113)41-40-76(109)92-13)54-123-91(67-27-17-16-18-28-67,68-32-36-70(115-14)37-33-68)69-34-38-71(116-15)39-35-69)46-26-45-98(79(112)31-21-24-50-119-90-83(97-60(6)102)57(3)86(126-66(12)108)74(130-90)53-122-63(9)105)47-43-94-78(111)30-20-23-49-118-89-82(96-59(5)101)56(2)85(125-65(11)107)73(129-89)52-121-62(8)104/h16-18,27-28,32-39,55-57,72-75,81-86,88-90H,19-26,29-31,40-54H2,1-15H3,(H,92,109)(H,93,110)(H,94,111)(H,95,100)(H,96,101)(H,97,102)/t55-,56-,57-,72?,73?,74?,75?,81?,82?,83?,84-,85-,86-,88-,89-,90-/m1/s1. The number of methoxy groups -OCH3 is 2. The van der Waals surface area contributed by atoms with Crippen LogP contribution >= 0.6 is 0 Å². The fourth-order valence-corrected chi connectivity index (χ4v) is 15.5. The number of carbonyl (C=O) groups is 15. The maximum Gasteiger partial charge on any atom is 0.307 e. The number of carbonyl (C=O) groups excluding carboxylic acids is 15. The van der Waals surface area contributed by atoms with Crippen molar-refractivity contribution in [1.29, 1.82) is 0 Å². The summed E-state index contributed by atoms with van der Waals surface area (Å²) in [4.78, 5) is 198. The Balaban J connectivity index is 1.28. The first-order valence-electron chi connectivity index (χ1n) is 44.0. The summed E-state index contributed by atoms with van der Waals surface area (Å²) in [7, 11) is 4.45. The highest BCUT2D eigenvalue weighted by Gasteiger charge is 2.51. The van der Waals surface area contributed by atoms with Crippen LogP contribution in [0.4, 0.5) is 0 Å². The van der Waals surface area contributed by atoms with Crippen molar-refractivity contribution >= 4 is 89.0 Å². The summed E-state index contributed by atoms with van der Waals surface area (Å²) in [6.45, 7) is 14.7. The number of hydrogen-bond acceptors (Lipinski definition) is 31. The number of amides is 8. The van der Waals surface area contributed by atoms with Crippen molar-refractivity contribution < 1.29 is 148 Å². The Bertz CT molecular complexity index is 4110. The van der Waals surface area contributed by atoms with E-state index in [2.05, 4.69) is 31.9 Å². The molecule has 3 aliphatic heterocycles. The molecule has 7 unspecified atom stereocenters. The molecular formula is C91H132N8O31. The third-order valence-corrected chi connectivity index (χ3v) is 21.9. The topological polar surface area (TPSA) is 482 Å². The van der Waals surface area contributed by atoms with Gasteiger partial charge in [0.05, 0.1) is 45.4 Å². The van der Waals surface area contributed by atoms with E-state index in [-0.39, 0.29) is 148 Å². The Morgan fingerprint density at radius 2 is 0.785 bits per heavy atom. The van der Waals surface area contributed by atoms with Crippen molar-refractivity contribution in [3.63, 3.8) is 0 Å². The van der Waals surface area contributed by atoms with Crippen LogP contribution < -0.4 is 41.4 Å². The van der Waals surface area contributed by atoms with Gasteiger partial charge in [-0.05, 0) is 92.3 Å². The van der Waals surface area contributed by atoms with Gasteiger partial charge in [0.1, 0.15) is 73.5 Å². The first-order valence-corrected chi connectivity index (χ1v) is 44.0. The maximum absolute atomic E-state index is 15.9. The van der Waals surface area contributed by atoms with Gasteiger partial charge in [-0.3, -0.25) is 71.9 Å². The Hall–Kier alpha value is -11.0. The lowest BCUT2D eigenvalue weighted by molar-refractivity contribution is -0.262. The second-order valence-corrected chi connectivity index (χ2v) is 32.1. The molecule has 39 nitrogen and oxygen atoms in total. The fraction of sp³-hybridized carbons (Fsp3) is 0.637. The first kappa shape index (κ1) is 108. The van der Waals surface area contributed by atoms with E-state index in [1.165, 1.54) is 93.4 Å². The summed E-state index contributed by atoms with van der Waals surface area (Å²) in [5, 5.41) is 16.8. The Morgan fingerprint density at radius 1 is 0.408 bits per heavy atom. The number of hydrogen-bond donors (Lipinski definition) is 6. The predicted octanol–water partition coefficient (Wildman–Crippen LogP) is 4.76. The van der Waals surface area contributed by atoms with Gasteiger partial charge in [-0.15, -0.1) is 0 Å². The average Bonchev–Trinajstić information content (AvgIpc) is 0.749. The van der Waals surface area contributed by atoms with E-state index in [1.54, 1.807) is 69.3 Å². The number of nitrogens with zero attached hydrogens (tertiary/aromatic N) is 2. The molecule has 722 valence electrons. The van der Waals surface area contributed by atoms with Crippen molar-refractivity contribution in [3.05, 3.63) is 95.6 Å². The van der Waals surface area contributed by atoms with Crippen molar-refractivity contribution in [2.24, 2.45) is 17.8 Å². The molecule has 3 aromatic rings. The predicted molar refractivity (Wildman–Crippen MR) is 462 cm³/mol. The Labute approximate surface area is 758 Å². The monoisotopic (exact) mass is 1830 g/mol. The number of unbranched alkanes of at least 4 members (excludes halogenated alkanes) is 3. The lowest BCUT2D eigenvalue weighted by atomic mass is 9.80. The zero-order chi connectivity index (χ0) is 95.6. The lowest BCUT2D eigenvalue weighted by Gasteiger charge is -2.44. The van der Waals surface area contributed by atoms with Crippen LogP contribution in [0.15, 0.2) is 78.9 Å². The van der Waals surface area contributed by atoms with Crippen LogP contribution in [0, 0.1) is 17.8 Å². The molecule has 0 radical (unpaired) electrons. The van der Waals surface area contributed by atoms with Crippen LogP contribution in [0.25, 0.3) is 0 Å². The minimum absolute atomic E-state index is 0.00273. The molecule has 8 amide bonds. The van der Waals surface area contributed by atoms with Gasteiger partial charge in [0.25, 0.3) is 5.91 Å². The third-order valence-electron chi connectivity index (χ3n) is 21.9. The molecule has 3 fully saturated rings. The van der Waals surface area contributed by atoms with Gasteiger partial charge in [0.15, 0.2) is 18.9 Å². The molecule has 6 rings (SSSR count). The molecule has 0 spiro atoms. The summed E-state index contributed by atoms with van der Waals surface area (Å²) in [6.07, 6.45) is -9.55. The Kier molecular flexibility index (Phi) is 46.4. The quantitative estimate of drug-likeness (QED) is 0.0192. The van der Waals surface area contributed by atoms with E-state index in [0.29, 0.717) is 53.9 Å². The molecule has 3 heterocycles. The van der Waals surface area contributed by atoms with Gasteiger partial charge in [0.2, 0.25) is 47.5 Å². The first-order chi connectivity index (χ1) is 62.0.